The highest BCUT2D eigenvalue weighted by molar-refractivity contribution is 5.87. The van der Waals surface area contributed by atoms with Gasteiger partial charge in [0.15, 0.2) is 0 Å². The highest BCUT2D eigenvalue weighted by Gasteiger charge is 2.21. The quantitative estimate of drug-likeness (QED) is 0.786. The van der Waals surface area contributed by atoms with Crippen LogP contribution in [0.3, 0.4) is 0 Å². The van der Waals surface area contributed by atoms with Gasteiger partial charge in [-0.3, -0.25) is 4.90 Å². The van der Waals surface area contributed by atoms with Crippen molar-refractivity contribution in [1.29, 1.82) is 0 Å². The number of furan rings is 1. The molecular formula is C18H23NO3. The van der Waals surface area contributed by atoms with Crippen molar-refractivity contribution >= 4 is 5.97 Å². The molecule has 0 aliphatic heterocycles. The number of ether oxygens (including phenoxy) is 1. The maximum absolute atomic E-state index is 11.6. The lowest BCUT2D eigenvalue weighted by Crippen LogP contribution is -2.21. The van der Waals surface area contributed by atoms with Gasteiger partial charge in [0, 0.05) is 12.1 Å². The number of esters is 1. The molecule has 0 fully saturated rings. The third-order valence-corrected chi connectivity index (χ3v) is 3.93. The lowest BCUT2D eigenvalue weighted by molar-refractivity contribution is 0.0558. The molecule has 0 saturated heterocycles. The van der Waals surface area contributed by atoms with Crippen molar-refractivity contribution in [2.24, 2.45) is 0 Å². The van der Waals surface area contributed by atoms with Crippen molar-refractivity contribution in [2.45, 2.75) is 33.4 Å². The van der Waals surface area contributed by atoms with E-state index in [-0.39, 0.29) is 11.8 Å². The minimum absolute atomic E-state index is 0.0680. The summed E-state index contributed by atoms with van der Waals surface area (Å²) in [5.74, 6) is 0.623. The van der Waals surface area contributed by atoms with E-state index in [1.54, 1.807) is 0 Å². The van der Waals surface area contributed by atoms with Gasteiger partial charge in [-0.05, 0) is 39.4 Å². The van der Waals surface area contributed by atoms with Gasteiger partial charge in [-0.2, -0.15) is 0 Å². The fraction of sp³-hybridized carbons (Fsp3) is 0.389. The summed E-state index contributed by atoms with van der Waals surface area (Å²) >= 11 is 0. The Morgan fingerprint density at radius 3 is 2.50 bits per heavy atom. The van der Waals surface area contributed by atoms with E-state index in [9.17, 15) is 4.79 Å². The van der Waals surface area contributed by atoms with Crippen LogP contribution in [0, 0.1) is 13.8 Å². The second-order valence-corrected chi connectivity index (χ2v) is 5.73. The molecule has 0 amide bonds. The molecule has 1 aromatic carbocycles. The molecule has 2 aromatic rings. The van der Waals surface area contributed by atoms with Crippen LogP contribution in [0.1, 0.15) is 46.0 Å². The number of hydrogen-bond acceptors (Lipinski definition) is 4. The summed E-state index contributed by atoms with van der Waals surface area (Å²) < 4.78 is 10.4. The fourth-order valence-electron chi connectivity index (χ4n) is 2.34. The molecule has 4 nitrogen and oxygen atoms in total. The van der Waals surface area contributed by atoms with Gasteiger partial charge in [-0.25, -0.2) is 4.79 Å². The van der Waals surface area contributed by atoms with E-state index in [1.165, 1.54) is 18.2 Å². The lowest BCUT2D eigenvalue weighted by Gasteiger charge is -2.23. The minimum atomic E-state index is -0.433. The molecular weight excluding hydrogens is 278 g/mol. The Hall–Kier alpha value is -2.07. The molecule has 2 rings (SSSR count). The molecule has 0 saturated carbocycles. The second kappa shape index (κ2) is 6.79. The third kappa shape index (κ3) is 3.57. The van der Waals surface area contributed by atoms with Gasteiger partial charge < -0.3 is 9.15 Å². The van der Waals surface area contributed by atoms with Crippen LogP contribution in [0.2, 0.25) is 0 Å². The van der Waals surface area contributed by atoms with Crippen LogP contribution >= 0.6 is 0 Å². The zero-order chi connectivity index (χ0) is 16.3. The molecule has 0 radical (unpaired) electrons. The molecule has 22 heavy (non-hydrogen) atoms. The number of benzene rings is 1. The van der Waals surface area contributed by atoms with E-state index in [1.807, 2.05) is 20.0 Å². The Morgan fingerprint density at radius 1 is 1.27 bits per heavy atom. The maximum atomic E-state index is 11.6. The standard InChI is InChI=1S/C18H23NO3/c1-12-6-8-15(9-7-12)11-19(4)14(3)16-10-13(2)17(22-16)18(20)21-5/h6-10,14H,11H2,1-5H3. The SMILES string of the molecule is COC(=O)c1oc(C(C)N(C)Cc2ccc(C)cc2)cc1C. The van der Waals surface area contributed by atoms with Gasteiger partial charge >= 0.3 is 5.97 Å². The van der Waals surface area contributed by atoms with Gasteiger partial charge in [0.1, 0.15) is 5.76 Å². The lowest BCUT2D eigenvalue weighted by atomic mass is 10.1. The average molecular weight is 301 g/mol. The smallest absolute Gasteiger partial charge is 0.374 e. The molecule has 4 heteroatoms. The number of carbonyl (C=O) groups excluding carboxylic acids is 1. The predicted octanol–water partition coefficient (Wildman–Crippen LogP) is 3.88. The van der Waals surface area contributed by atoms with Crippen molar-refractivity contribution in [3.8, 4) is 0 Å². The number of aryl methyl sites for hydroxylation is 2. The largest absolute Gasteiger partial charge is 0.463 e. The topological polar surface area (TPSA) is 42.7 Å². The van der Waals surface area contributed by atoms with Crippen molar-refractivity contribution in [2.75, 3.05) is 14.2 Å². The summed E-state index contributed by atoms with van der Waals surface area (Å²) in [4.78, 5) is 13.8. The first-order chi connectivity index (χ1) is 10.4. The molecule has 1 unspecified atom stereocenters. The first-order valence-electron chi connectivity index (χ1n) is 7.36. The van der Waals surface area contributed by atoms with E-state index >= 15 is 0 Å². The Balaban J connectivity index is 2.11. The highest BCUT2D eigenvalue weighted by Crippen LogP contribution is 2.26. The third-order valence-electron chi connectivity index (χ3n) is 3.93. The molecule has 0 N–H and O–H groups in total. The number of methoxy groups -OCH3 is 1. The van der Waals surface area contributed by atoms with Gasteiger partial charge in [-0.15, -0.1) is 0 Å². The Kier molecular flexibility index (Phi) is 5.03. The normalized spacial score (nSPS) is 12.5. The summed E-state index contributed by atoms with van der Waals surface area (Å²) in [6, 6.07) is 10.5. The van der Waals surface area contributed by atoms with E-state index in [2.05, 4.69) is 43.0 Å². The molecule has 1 aromatic heterocycles. The second-order valence-electron chi connectivity index (χ2n) is 5.73. The Morgan fingerprint density at radius 2 is 1.91 bits per heavy atom. The summed E-state index contributed by atoms with van der Waals surface area (Å²) in [6.45, 7) is 6.81. The van der Waals surface area contributed by atoms with Crippen molar-refractivity contribution in [3.05, 3.63) is 58.5 Å². The predicted molar refractivity (Wildman–Crippen MR) is 85.8 cm³/mol. The van der Waals surface area contributed by atoms with Gasteiger partial charge in [0.2, 0.25) is 5.76 Å². The molecule has 0 bridgehead atoms. The zero-order valence-electron chi connectivity index (χ0n) is 13.8. The van der Waals surface area contributed by atoms with Crippen molar-refractivity contribution in [3.63, 3.8) is 0 Å². The zero-order valence-corrected chi connectivity index (χ0v) is 13.8. The van der Waals surface area contributed by atoms with E-state index in [0.29, 0.717) is 0 Å². The van der Waals surface area contributed by atoms with Crippen LogP contribution in [0.15, 0.2) is 34.7 Å². The minimum Gasteiger partial charge on any atom is -0.463 e. The van der Waals surface area contributed by atoms with E-state index in [4.69, 9.17) is 9.15 Å². The van der Waals surface area contributed by atoms with Gasteiger partial charge in [-0.1, -0.05) is 29.8 Å². The molecule has 1 atom stereocenters. The van der Waals surface area contributed by atoms with Gasteiger partial charge in [0.05, 0.1) is 13.2 Å². The molecule has 0 spiro atoms. The van der Waals surface area contributed by atoms with Crippen LogP contribution in [0.25, 0.3) is 0 Å². The molecule has 118 valence electrons. The first-order valence-corrected chi connectivity index (χ1v) is 7.36. The maximum Gasteiger partial charge on any atom is 0.374 e. The van der Waals surface area contributed by atoms with E-state index in [0.717, 1.165) is 17.9 Å². The number of hydrogen-bond donors (Lipinski definition) is 0. The van der Waals surface area contributed by atoms with Gasteiger partial charge in [0.25, 0.3) is 0 Å². The van der Waals surface area contributed by atoms with Crippen molar-refractivity contribution in [1.82, 2.24) is 4.90 Å². The highest BCUT2D eigenvalue weighted by atomic mass is 16.5. The monoisotopic (exact) mass is 301 g/mol. The average Bonchev–Trinajstić information content (AvgIpc) is 2.89. The summed E-state index contributed by atoms with van der Waals surface area (Å²) in [7, 11) is 3.40. The molecule has 0 aliphatic carbocycles. The Labute approximate surface area is 131 Å². The number of carbonyl (C=O) groups is 1. The van der Waals surface area contributed by atoms with Crippen LogP contribution in [-0.2, 0) is 11.3 Å². The summed E-state index contributed by atoms with van der Waals surface area (Å²) in [5, 5.41) is 0. The van der Waals surface area contributed by atoms with Crippen LogP contribution in [0.5, 0.6) is 0 Å². The number of nitrogens with zero attached hydrogens (tertiary/aromatic N) is 1. The van der Waals surface area contributed by atoms with Crippen LogP contribution < -0.4 is 0 Å². The Bertz CT molecular complexity index is 643. The summed E-state index contributed by atoms with van der Waals surface area (Å²) in [5.41, 5.74) is 3.30. The van der Waals surface area contributed by atoms with Crippen molar-refractivity contribution < 1.29 is 13.9 Å². The number of rotatable bonds is 5. The molecule has 1 heterocycles. The summed E-state index contributed by atoms with van der Waals surface area (Å²) in [6.07, 6.45) is 0. The fourth-order valence-corrected chi connectivity index (χ4v) is 2.34. The van der Waals surface area contributed by atoms with Crippen LogP contribution in [-0.4, -0.2) is 25.0 Å². The van der Waals surface area contributed by atoms with Crippen LogP contribution in [0.4, 0.5) is 0 Å². The van der Waals surface area contributed by atoms with E-state index < -0.39 is 5.97 Å². The first kappa shape index (κ1) is 16.3. The molecule has 0 aliphatic rings.